The molecular weight excluding hydrogens is 393 g/mol. The quantitative estimate of drug-likeness (QED) is 0.799. The average Bonchev–Trinajstić information content (AvgIpc) is 2.63. The summed E-state index contributed by atoms with van der Waals surface area (Å²) in [6, 6.07) is 6.03. The first-order valence-electron chi connectivity index (χ1n) is 9.13. The Bertz CT molecular complexity index is 571. The van der Waals surface area contributed by atoms with Crippen molar-refractivity contribution in [3.63, 3.8) is 0 Å². The van der Waals surface area contributed by atoms with Crippen molar-refractivity contribution in [2.24, 2.45) is 5.92 Å². The number of amides is 1. The molecule has 1 aromatic rings. The van der Waals surface area contributed by atoms with E-state index in [1.165, 1.54) is 24.1 Å². The lowest BCUT2D eigenvalue weighted by atomic mass is 9.93. The molecule has 2 aliphatic heterocycles. The van der Waals surface area contributed by atoms with Crippen molar-refractivity contribution >= 4 is 48.0 Å². The van der Waals surface area contributed by atoms with E-state index in [1.807, 2.05) is 17.0 Å². The lowest BCUT2D eigenvalue weighted by Crippen LogP contribution is -2.49. The summed E-state index contributed by atoms with van der Waals surface area (Å²) in [5.74, 6) is 1.06. The fraction of sp³-hybridized carbons (Fsp3) is 0.632. The largest absolute Gasteiger partial charge is 0.368 e. The Morgan fingerprint density at radius 2 is 1.81 bits per heavy atom. The summed E-state index contributed by atoms with van der Waals surface area (Å²) in [4.78, 5) is 16.9. The van der Waals surface area contributed by atoms with Crippen LogP contribution in [-0.4, -0.2) is 50.1 Å². The van der Waals surface area contributed by atoms with E-state index in [0.29, 0.717) is 12.3 Å². The Kier molecular flexibility index (Phi) is 10.1. The second-order valence-corrected chi connectivity index (χ2v) is 7.47. The standard InChI is InChI=1S/C19H28ClN3O.2ClH/c1-15-2-4-17(20)14-18(15)22-10-12-23(13-11-22)19(24)5-3-16-6-8-21-9-7-16;;/h2,4,14,16,21H,3,5-13H2,1H3;2*1H. The van der Waals surface area contributed by atoms with Gasteiger partial charge in [-0.05, 0) is 62.9 Å². The predicted molar refractivity (Wildman–Crippen MR) is 114 cm³/mol. The van der Waals surface area contributed by atoms with Crippen molar-refractivity contribution in [3.05, 3.63) is 28.8 Å². The molecule has 0 atom stereocenters. The van der Waals surface area contributed by atoms with Gasteiger partial charge in [0.1, 0.15) is 0 Å². The molecule has 26 heavy (non-hydrogen) atoms. The van der Waals surface area contributed by atoms with Crippen LogP contribution in [-0.2, 0) is 4.79 Å². The molecule has 0 radical (unpaired) electrons. The Labute approximate surface area is 174 Å². The van der Waals surface area contributed by atoms with Gasteiger partial charge in [-0.1, -0.05) is 17.7 Å². The minimum atomic E-state index is 0. The number of piperazine rings is 1. The van der Waals surface area contributed by atoms with E-state index in [4.69, 9.17) is 11.6 Å². The van der Waals surface area contributed by atoms with Crippen LogP contribution in [0.3, 0.4) is 0 Å². The molecule has 1 N–H and O–H groups in total. The fourth-order valence-corrected chi connectivity index (χ4v) is 3.94. The van der Waals surface area contributed by atoms with Crippen molar-refractivity contribution in [3.8, 4) is 0 Å². The number of aryl methyl sites for hydroxylation is 1. The summed E-state index contributed by atoms with van der Waals surface area (Å²) in [5, 5.41) is 4.16. The van der Waals surface area contributed by atoms with Crippen molar-refractivity contribution in [2.75, 3.05) is 44.2 Å². The number of carbonyl (C=O) groups excluding carboxylic acids is 1. The molecule has 0 unspecified atom stereocenters. The second-order valence-electron chi connectivity index (χ2n) is 7.03. The Hall–Kier alpha value is -0.680. The number of hydrogen-bond acceptors (Lipinski definition) is 3. The molecule has 0 saturated carbocycles. The molecule has 4 nitrogen and oxygen atoms in total. The van der Waals surface area contributed by atoms with Crippen molar-refractivity contribution in [1.29, 1.82) is 0 Å². The highest BCUT2D eigenvalue weighted by Crippen LogP contribution is 2.25. The Balaban J connectivity index is 0.00000169. The number of piperidine rings is 1. The highest BCUT2D eigenvalue weighted by atomic mass is 35.5. The number of carbonyl (C=O) groups is 1. The fourth-order valence-electron chi connectivity index (χ4n) is 3.78. The maximum absolute atomic E-state index is 12.5. The van der Waals surface area contributed by atoms with E-state index in [1.54, 1.807) is 0 Å². The van der Waals surface area contributed by atoms with Crippen LogP contribution in [0.2, 0.25) is 5.02 Å². The van der Waals surface area contributed by atoms with Crippen LogP contribution in [0.25, 0.3) is 0 Å². The molecule has 2 saturated heterocycles. The molecule has 1 amide bonds. The number of benzene rings is 1. The molecule has 1 aromatic carbocycles. The number of hydrogen-bond donors (Lipinski definition) is 1. The van der Waals surface area contributed by atoms with Crippen LogP contribution in [0.4, 0.5) is 5.69 Å². The first-order valence-corrected chi connectivity index (χ1v) is 9.51. The third kappa shape index (κ3) is 6.19. The molecule has 2 aliphatic rings. The Morgan fingerprint density at radius 3 is 2.46 bits per heavy atom. The zero-order valence-corrected chi connectivity index (χ0v) is 17.8. The van der Waals surface area contributed by atoms with Crippen molar-refractivity contribution in [1.82, 2.24) is 10.2 Å². The van der Waals surface area contributed by atoms with E-state index in [-0.39, 0.29) is 24.8 Å². The maximum atomic E-state index is 12.5. The predicted octanol–water partition coefficient (Wildman–Crippen LogP) is 3.92. The normalized spacial score (nSPS) is 18.1. The molecule has 3 rings (SSSR count). The number of nitrogens with zero attached hydrogens (tertiary/aromatic N) is 2. The minimum Gasteiger partial charge on any atom is -0.368 e. The number of nitrogens with one attached hydrogen (secondary N) is 1. The molecule has 2 fully saturated rings. The average molecular weight is 423 g/mol. The van der Waals surface area contributed by atoms with Crippen molar-refractivity contribution in [2.45, 2.75) is 32.6 Å². The zero-order valence-electron chi connectivity index (χ0n) is 15.4. The molecule has 0 spiro atoms. The third-order valence-corrected chi connectivity index (χ3v) is 5.60. The summed E-state index contributed by atoms with van der Waals surface area (Å²) in [6.45, 7) is 7.74. The second kappa shape index (κ2) is 11.2. The van der Waals surface area contributed by atoms with Gasteiger partial charge in [0.15, 0.2) is 0 Å². The monoisotopic (exact) mass is 421 g/mol. The number of anilines is 1. The van der Waals surface area contributed by atoms with Crippen LogP contribution in [0.5, 0.6) is 0 Å². The SMILES string of the molecule is Cc1ccc(Cl)cc1N1CCN(C(=O)CCC2CCNCC2)CC1.Cl.Cl. The van der Waals surface area contributed by atoms with Gasteiger partial charge in [-0.3, -0.25) is 4.79 Å². The van der Waals surface area contributed by atoms with Gasteiger partial charge < -0.3 is 15.1 Å². The Morgan fingerprint density at radius 1 is 1.15 bits per heavy atom. The van der Waals surface area contributed by atoms with E-state index in [0.717, 1.165) is 56.6 Å². The molecule has 0 aliphatic carbocycles. The van der Waals surface area contributed by atoms with Crippen molar-refractivity contribution < 1.29 is 4.79 Å². The topological polar surface area (TPSA) is 35.6 Å². The van der Waals surface area contributed by atoms with Gasteiger partial charge in [0, 0.05) is 43.3 Å². The molecule has 148 valence electrons. The van der Waals surface area contributed by atoms with E-state index in [2.05, 4.69) is 23.2 Å². The first kappa shape index (κ1) is 23.4. The smallest absolute Gasteiger partial charge is 0.222 e. The highest BCUT2D eigenvalue weighted by molar-refractivity contribution is 6.30. The molecule has 7 heteroatoms. The van der Waals surface area contributed by atoms with Crippen LogP contribution >= 0.6 is 36.4 Å². The van der Waals surface area contributed by atoms with Gasteiger partial charge in [0.05, 0.1) is 0 Å². The number of rotatable bonds is 4. The summed E-state index contributed by atoms with van der Waals surface area (Å²) in [6.07, 6.45) is 4.19. The van der Waals surface area contributed by atoms with E-state index in [9.17, 15) is 4.79 Å². The molecule has 2 heterocycles. The summed E-state index contributed by atoms with van der Waals surface area (Å²) in [7, 11) is 0. The van der Waals surface area contributed by atoms with Gasteiger partial charge >= 0.3 is 0 Å². The zero-order chi connectivity index (χ0) is 16.9. The first-order chi connectivity index (χ1) is 11.6. The van der Waals surface area contributed by atoms with E-state index < -0.39 is 0 Å². The van der Waals surface area contributed by atoms with Gasteiger partial charge in [-0.2, -0.15) is 0 Å². The van der Waals surface area contributed by atoms with E-state index >= 15 is 0 Å². The minimum absolute atomic E-state index is 0. The maximum Gasteiger partial charge on any atom is 0.222 e. The van der Waals surface area contributed by atoms with Gasteiger partial charge in [-0.15, -0.1) is 24.8 Å². The van der Waals surface area contributed by atoms with Crippen LogP contribution in [0, 0.1) is 12.8 Å². The highest BCUT2D eigenvalue weighted by Gasteiger charge is 2.23. The molecule has 0 bridgehead atoms. The van der Waals surface area contributed by atoms with Gasteiger partial charge in [0.25, 0.3) is 0 Å². The van der Waals surface area contributed by atoms with Crippen LogP contribution in [0.15, 0.2) is 18.2 Å². The van der Waals surface area contributed by atoms with Crippen LogP contribution in [0.1, 0.15) is 31.2 Å². The van der Waals surface area contributed by atoms with Gasteiger partial charge in [-0.25, -0.2) is 0 Å². The lowest BCUT2D eigenvalue weighted by molar-refractivity contribution is -0.131. The summed E-state index contributed by atoms with van der Waals surface area (Å²) in [5.41, 5.74) is 2.44. The number of halogens is 3. The molecule has 0 aromatic heterocycles. The lowest BCUT2D eigenvalue weighted by Gasteiger charge is -2.37. The third-order valence-electron chi connectivity index (χ3n) is 5.37. The summed E-state index contributed by atoms with van der Waals surface area (Å²) < 4.78 is 0. The van der Waals surface area contributed by atoms with Gasteiger partial charge in [0.2, 0.25) is 5.91 Å². The van der Waals surface area contributed by atoms with Crippen LogP contribution < -0.4 is 10.2 Å². The molecular formula is C19H30Cl3N3O. The summed E-state index contributed by atoms with van der Waals surface area (Å²) >= 11 is 6.13.